The third-order valence-corrected chi connectivity index (χ3v) is 7.11. The molecule has 2 aromatic carbocycles. The molecule has 1 saturated carbocycles. The Morgan fingerprint density at radius 2 is 1.88 bits per heavy atom. The van der Waals surface area contributed by atoms with Gasteiger partial charge in [0.2, 0.25) is 0 Å². The highest BCUT2D eigenvalue weighted by Gasteiger charge is 2.18. The first-order valence-electron chi connectivity index (χ1n) is 11.1. The SMILES string of the molecule is O=C(NC1CCCC1)c1ccc(CNc2cc(-c3ccccc3P)nc3c(Br)cnn23)cc1. The van der Waals surface area contributed by atoms with E-state index in [4.69, 9.17) is 4.98 Å². The number of benzene rings is 2. The summed E-state index contributed by atoms with van der Waals surface area (Å²) < 4.78 is 2.63. The van der Waals surface area contributed by atoms with Crippen LogP contribution in [0.3, 0.4) is 0 Å². The summed E-state index contributed by atoms with van der Waals surface area (Å²) in [7, 11) is 2.77. The van der Waals surface area contributed by atoms with E-state index in [1.165, 1.54) is 12.8 Å². The molecule has 33 heavy (non-hydrogen) atoms. The van der Waals surface area contributed by atoms with Crippen LogP contribution in [0.25, 0.3) is 16.9 Å². The van der Waals surface area contributed by atoms with Crippen LogP contribution in [-0.2, 0) is 6.54 Å². The third kappa shape index (κ3) is 4.80. The summed E-state index contributed by atoms with van der Waals surface area (Å²) in [5, 5.41) is 12.2. The lowest BCUT2D eigenvalue weighted by Gasteiger charge is -2.13. The molecule has 0 saturated heterocycles. The minimum atomic E-state index is 0.0133. The number of anilines is 1. The summed E-state index contributed by atoms with van der Waals surface area (Å²) in [4.78, 5) is 17.3. The van der Waals surface area contributed by atoms with Crippen molar-refractivity contribution in [2.45, 2.75) is 38.3 Å². The second kappa shape index (κ2) is 9.62. The van der Waals surface area contributed by atoms with E-state index < -0.39 is 0 Å². The van der Waals surface area contributed by atoms with Crippen molar-refractivity contribution in [2.24, 2.45) is 0 Å². The molecule has 2 aromatic heterocycles. The van der Waals surface area contributed by atoms with Crippen molar-refractivity contribution in [1.82, 2.24) is 19.9 Å². The molecular weight excluding hydrogens is 497 g/mol. The predicted molar refractivity (Wildman–Crippen MR) is 139 cm³/mol. The van der Waals surface area contributed by atoms with Crippen LogP contribution >= 0.6 is 25.2 Å². The van der Waals surface area contributed by atoms with Crippen molar-refractivity contribution in [3.05, 3.63) is 76.4 Å². The second-order valence-corrected chi connectivity index (χ2v) is 9.82. The van der Waals surface area contributed by atoms with Gasteiger partial charge < -0.3 is 10.6 Å². The molecule has 0 aliphatic heterocycles. The van der Waals surface area contributed by atoms with E-state index in [1.807, 2.05) is 42.5 Å². The Morgan fingerprint density at radius 1 is 1.12 bits per heavy atom. The van der Waals surface area contributed by atoms with E-state index in [2.05, 4.69) is 53.0 Å². The largest absolute Gasteiger partial charge is 0.366 e. The topological polar surface area (TPSA) is 71.3 Å². The van der Waals surface area contributed by atoms with E-state index in [9.17, 15) is 4.79 Å². The monoisotopic (exact) mass is 521 g/mol. The summed E-state index contributed by atoms with van der Waals surface area (Å²) in [6.07, 6.45) is 6.33. The molecule has 0 bridgehead atoms. The van der Waals surface area contributed by atoms with Gasteiger partial charge in [-0.3, -0.25) is 4.79 Å². The zero-order chi connectivity index (χ0) is 22.8. The number of nitrogens with one attached hydrogen (secondary N) is 2. The average Bonchev–Trinajstić information content (AvgIpc) is 3.48. The van der Waals surface area contributed by atoms with Crippen LogP contribution in [0.4, 0.5) is 5.82 Å². The zero-order valence-corrected chi connectivity index (χ0v) is 20.8. The van der Waals surface area contributed by atoms with Gasteiger partial charge in [-0.05, 0) is 51.8 Å². The number of halogens is 1. The maximum atomic E-state index is 12.5. The van der Waals surface area contributed by atoms with Gasteiger partial charge in [0.05, 0.1) is 16.4 Å². The standard InChI is InChI=1S/C25H25BrN5OP/c26-20-15-28-31-23(13-21(30-24(20)31)19-7-3-4-8-22(19)33)27-14-16-9-11-17(12-10-16)25(32)29-18-5-1-2-6-18/h3-4,7-13,15,18,27H,1-2,5-6,14,33H2,(H,29,32). The molecule has 1 unspecified atom stereocenters. The fourth-order valence-electron chi connectivity index (χ4n) is 4.24. The van der Waals surface area contributed by atoms with Gasteiger partial charge in [-0.25, -0.2) is 4.98 Å². The summed E-state index contributed by atoms with van der Waals surface area (Å²) in [5.41, 5.74) is 4.46. The molecule has 1 aliphatic carbocycles. The number of carbonyl (C=O) groups excluding carboxylic acids is 1. The van der Waals surface area contributed by atoms with Crippen LogP contribution in [0.2, 0.25) is 0 Å². The van der Waals surface area contributed by atoms with Crippen LogP contribution < -0.4 is 15.9 Å². The number of carbonyl (C=O) groups is 1. The fourth-order valence-corrected chi connectivity index (χ4v) is 4.94. The highest BCUT2D eigenvalue weighted by molar-refractivity contribution is 9.10. The van der Waals surface area contributed by atoms with Gasteiger partial charge >= 0.3 is 0 Å². The number of hydrogen-bond donors (Lipinski definition) is 2. The normalized spacial score (nSPS) is 14.0. The molecule has 0 spiro atoms. The smallest absolute Gasteiger partial charge is 0.251 e. The molecule has 5 rings (SSSR count). The maximum absolute atomic E-state index is 12.5. The third-order valence-electron chi connectivity index (χ3n) is 6.05. The van der Waals surface area contributed by atoms with Crippen LogP contribution in [0.15, 0.2) is 65.3 Å². The first kappa shape index (κ1) is 22.1. The number of rotatable bonds is 6. The molecule has 6 nitrogen and oxygen atoms in total. The van der Waals surface area contributed by atoms with Gasteiger partial charge in [0.15, 0.2) is 5.65 Å². The molecule has 8 heteroatoms. The molecule has 1 atom stereocenters. The summed E-state index contributed by atoms with van der Waals surface area (Å²) in [6, 6.07) is 18.2. The Morgan fingerprint density at radius 3 is 2.64 bits per heavy atom. The molecule has 168 valence electrons. The van der Waals surface area contributed by atoms with Crippen molar-refractivity contribution >= 4 is 47.8 Å². The summed E-state index contributed by atoms with van der Waals surface area (Å²) >= 11 is 3.56. The Balaban J connectivity index is 1.35. The lowest BCUT2D eigenvalue weighted by Crippen LogP contribution is -2.32. The van der Waals surface area contributed by atoms with E-state index in [0.717, 1.165) is 50.9 Å². The first-order valence-corrected chi connectivity index (χ1v) is 12.5. The second-order valence-electron chi connectivity index (χ2n) is 8.35. The lowest BCUT2D eigenvalue weighted by molar-refractivity contribution is 0.0938. The van der Waals surface area contributed by atoms with Gasteiger partial charge in [-0.2, -0.15) is 9.61 Å². The molecular formula is C25H25BrN5OP. The lowest BCUT2D eigenvalue weighted by atomic mass is 10.1. The number of nitrogens with zero attached hydrogens (tertiary/aromatic N) is 3. The molecule has 0 radical (unpaired) electrons. The minimum Gasteiger partial charge on any atom is -0.366 e. The summed E-state index contributed by atoms with van der Waals surface area (Å²) in [6.45, 7) is 0.600. The Hall–Kier alpha value is -2.76. The van der Waals surface area contributed by atoms with E-state index in [1.54, 1.807) is 10.7 Å². The Kier molecular flexibility index (Phi) is 6.43. The van der Waals surface area contributed by atoms with Crippen LogP contribution in [-0.4, -0.2) is 26.5 Å². The highest BCUT2D eigenvalue weighted by Crippen LogP contribution is 2.26. The highest BCUT2D eigenvalue weighted by atomic mass is 79.9. The molecule has 1 aliphatic rings. The molecule has 2 N–H and O–H groups in total. The van der Waals surface area contributed by atoms with Gasteiger partial charge in [0, 0.05) is 29.8 Å². The van der Waals surface area contributed by atoms with Gasteiger partial charge in [-0.1, -0.05) is 49.2 Å². The minimum absolute atomic E-state index is 0.0133. The van der Waals surface area contributed by atoms with Gasteiger partial charge in [-0.15, -0.1) is 9.24 Å². The fraction of sp³-hybridized carbons (Fsp3) is 0.240. The van der Waals surface area contributed by atoms with Crippen LogP contribution in [0.1, 0.15) is 41.6 Å². The maximum Gasteiger partial charge on any atom is 0.251 e. The van der Waals surface area contributed by atoms with E-state index >= 15 is 0 Å². The first-order chi connectivity index (χ1) is 16.1. The summed E-state index contributed by atoms with van der Waals surface area (Å²) in [5.74, 6) is 0.858. The van der Waals surface area contributed by atoms with Gasteiger partial charge in [0.1, 0.15) is 5.82 Å². The molecule has 4 aromatic rings. The quantitative estimate of drug-likeness (QED) is 0.352. The van der Waals surface area contributed by atoms with Crippen molar-refractivity contribution in [3.8, 4) is 11.3 Å². The van der Waals surface area contributed by atoms with E-state index in [-0.39, 0.29) is 5.91 Å². The Labute approximate surface area is 203 Å². The van der Waals surface area contributed by atoms with Gasteiger partial charge in [0.25, 0.3) is 5.91 Å². The number of fused-ring (bicyclic) bond motifs is 1. The molecule has 1 fully saturated rings. The number of hydrogen-bond acceptors (Lipinski definition) is 4. The van der Waals surface area contributed by atoms with E-state index in [0.29, 0.717) is 18.2 Å². The van der Waals surface area contributed by atoms with Crippen LogP contribution in [0, 0.1) is 0 Å². The molecule has 1 amide bonds. The van der Waals surface area contributed by atoms with Crippen molar-refractivity contribution in [1.29, 1.82) is 0 Å². The van der Waals surface area contributed by atoms with Crippen molar-refractivity contribution in [2.75, 3.05) is 5.32 Å². The predicted octanol–water partition coefficient (Wildman–Crippen LogP) is 4.94. The Bertz CT molecular complexity index is 1300. The van der Waals surface area contributed by atoms with Crippen molar-refractivity contribution < 1.29 is 4.79 Å². The zero-order valence-electron chi connectivity index (χ0n) is 18.1. The van der Waals surface area contributed by atoms with Crippen LogP contribution in [0.5, 0.6) is 0 Å². The number of amides is 1. The number of aromatic nitrogens is 3. The average molecular weight is 522 g/mol. The molecule has 2 heterocycles. The van der Waals surface area contributed by atoms with Crippen molar-refractivity contribution in [3.63, 3.8) is 0 Å².